The molecule has 0 bridgehead atoms. The second kappa shape index (κ2) is 8.47. The van der Waals surface area contributed by atoms with Crippen LogP contribution in [0.15, 0.2) is 24.3 Å². The van der Waals surface area contributed by atoms with Gasteiger partial charge in [-0.2, -0.15) is 0 Å². The number of methoxy groups -OCH3 is 2. The molecule has 0 aliphatic carbocycles. The molecule has 0 heterocycles. The maximum Gasteiger partial charge on any atom is 0.328 e. The fourth-order valence-electron chi connectivity index (χ4n) is 2.12. The van der Waals surface area contributed by atoms with Crippen LogP contribution in [-0.2, 0) is 24.5 Å². The highest BCUT2D eigenvalue weighted by Gasteiger charge is 2.23. The molecule has 0 aliphatic heterocycles. The summed E-state index contributed by atoms with van der Waals surface area (Å²) in [5, 5.41) is 2.60. The Kier molecular flexibility index (Phi) is 6.95. The topological polar surface area (TPSA) is 81.7 Å². The summed E-state index contributed by atoms with van der Waals surface area (Å²) in [6.07, 6.45) is 0.130. The standard InChI is InChI=1S/C18H25NO5/c1-18(2,3)13-8-6-12(7-9-13)16(21)19-14(17(22)24-5)10-11-15(20)23-4/h6-9,14H,10-11H2,1-5H3,(H,19,21)/t14-/m0/s1. The lowest BCUT2D eigenvalue weighted by Gasteiger charge is -2.19. The molecule has 1 aromatic rings. The van der Waals surface area contributed by atoms with Crippen LogP contribution in [0.4, 0.5) is 0 Å². The zero-order valence-electron chi connectivity index (χ0n) is 14.8. The number of nitrogens with one attached hydrogen (secondary N) is 1. The van der Waals surface area contributed by atoms with Crippen LogP contribution in [0.25, 0.3) is 0 Å². The maximum atomic E-state index is 12.3. The van der Waals surface area contributed by atoms with Crippen molar-refractivity contribution in [3.63, 3.8) is 0 Å². The van der Waals surface area contributed by atoms with E-state index in [2.05, 4.69) is 35.6 Å². The minimum Gasteiger partial charge on any atom is -0.469 e. The van der Waals surface area contributed by atoms with Crippen LogP contribution in [0.5, 0.6) is 0 Å². The van der Waals surface area contributed by atoms with Gasteiger partial charge in [-0.1, -0.05) is 32.9 Å². The summed E-state index contributed by atoms with van der Waals surface area (Å²) < 4.78 is 9.22. The first-order valence-electron chi connectivity index (χ1n) is 7.75. The monoisotopic (exact) mass is 335 g/mol. The quantitative estimate of drug-likeness (QED) is 0.806. The SMILES string of the molecule is COC(=O)CC[C@H](NC(=O)c1ccc(C(C)(C)C)cc1)C(=O)OC. The van der Waals surface area contributed by atoms with E-state index >= 15 is 0 Å². The fraction of sp³-hybridized carbons (Fsp3) is 0.500. The van der Waals surface area contributed by atoms with Crippen LogP contribution in [0, 0.1) is 0 Å². The molecule has 0 unspecified atom stereocenters. The molecular weight excluding hydrogens is 310 g/mol. The summed E-state index contributed by atoms with van der Waals surface area (Å²) >= 11 is 0. The van der Waals surface area contributed by atoms with Gasteiger partial charge in [0.2, 0.25) is 0 Å². The minimum atomic E-state index is -0.899. The Balaban J connectivity index is 2.80. The van der Waals surface area contributed by atoms with Gasteiger partial charge in [-0.3, -0.25) is 9.59 Å². The number of carbonyl (C=O) groups is 3. The summed E-state index contributed by atoms with van der Waals surface area (Å²) in [5.74, 6) is -1.44. The molecular formula is C18H25NO5. The third-order valence-corrected chi connectivity index (χ3v) is 3.67. The molecule has 0 saturated carbocycles. The number of amides is 1. The molecule has 132 valence electrons. The molecule has 0 spiro atoms. The molecule has 0 saturated heterocycles. The second-order valence-corrected chi connectivity index (χ2v) is 6.49. The third kappa shape index (κ3) is 5.68. The van der Waals surface area contributed by atoms with Gasteiger partial charge in [0.25, 0.3) is 5.91 Å². The molecule has 1 atom stereocenters. The van der Waals surface area contributed by atoms with Gasteiger partial charge in [0.1, 0.15) is 6.04 Å². The van der Waals surface area contributed by atoms with E-state index in [-0.39, 0.29) is 18.3 Å². The highest BCUT2D eigenvalue weighted by molar-refractivity contribution is 5.96. The van der Waals surface area contributed by atoms with E-state index in [0.29, 0.717) is 5.56 Å². The molecule has 6 nitrogen and oxygen atoms in total. The smallest absolute Gasteiger partial charge is 0.328 e. The first-order valence-corrected chi connectivity index (χ1v) is 7.75. The highest BCUT2D eigenvalue weighted by atomic mass is 16.5. The van der Waals surface area contributed by atoms with E-state index in [1.165, 1.54) is 14.2 Å². The van der Waals surface area contributed by atoms with Crippen molar-refractivity contribution in [2.24, 2.45) is 0 Å². The Bertz CT molecular complexity index is 586. The van der Waals surface area contributed by atoms with Crippen molar-refractivity contribution in [1.82, 2.24) is 5.32 Å². The highest BCUT2D eigenvalue weighted by Crippen LogP contribution is 2.22. The Morgan fingerprint density at radius 2 is 1.62 bits per heavy atom. The van der Waals surface area contributed by atoms with Crippen molar-refractivity contribution in [2.75, 3.05) is 14.2 Å². The lowest BCUT2D eigenvalue weighted by atomic mass is 9.86. The second-order valence-electron chi connectivity index (χ2n) is 6.49. The van der Waals surface area contributed by atoms with Crippen molar-refractivity contribution >= 4 is 17.8 Å². The van der Waals surface area contributed by atoms with E-state index < -0.39 is 23.9 Å². The fourth-order valence-corrected chi connectivity index (χ4v) is 2.12. The minimum absolute atomic E-state index is 0.00985. The Hall–Kier alpha value is -2.37. The number of ether oxygens (including phenoxy) is 2. The molecule has 0 fully saturated rings. The number of esters is 2. The van der Waals surface area contributed by atoms with Crippen molar-refractivity contribution in [3.05, 3.63) is 35.4 Å². The van der Waals surface area contributed by atoms with Gasteiger partial charge in [-0.25, -0.2) is 4.79 Å². The first-order chi connectivity index (χ1) is 11.2. The summed E-state index contributed by atoms with van der Waals surface area (Å²) in [6.45, 7) is 6.26. The van der Waals surface area contributed by atoms with Crippen LogP contribution in [0.3, 0.4) is 0 Å². The summed E-state index contributed by atoms with van der Waals surface area (Å²) in [7, 11) is 2.50. The number of rotatable bonds is 6. The third-order valence-electron chi connectivity index (χ3n) is 3.67. The van der Waals surface area contributed by atoms with Crippen LogP contribution >= 0.6 is 0 Å². The maximum absolute atomic E-state index is 12.3. The van der Waals surface area contributed by atoms with E-state index in [1.807, 2.05) is 12.1 Å². The van der Waals surface area contributed by atoms with E-state index in [0.717, 1.165) is 5.56 Å². The molecule has 1 aromatic carbocycles. The first kappa shape index (κ1) is 19.7. The summed E-state index contributed by atoms with van der Waals surface area (Å²) in [5.41, 5.74) is 1.54. The van der Waals surface area contributed by atoms with Gasteiger partial charge in [0.15, 0.2) is 0 Å². The number of hydrogen-bond donors (Lipinski definition) is 1. The Morgan fingerprint density at radius 3 is 2.08 bits per heavy atom. The van der Waals surface area contributed by atoms with E-state index in [9.17, 15) is 14.4 Å². The van der Waals surface area contributed by atoms with Gasteiger partial charge in [0.05, 0.1) is 14.2 Å². The Labute approximate surface area is 142 Å². The van der Waals surface area contributed by atoms with Crippen LogP contribution in [0.1, 0.15) is 49.5 Å². The number of carbonyl (C=O) groups excluding carboxylic acids is 3. The average Bonchev–Trinajstić information content (AvgIpc) is 2.56. The van der Waals surface area contributed by atoms with Gasteiger partial charge in [-0.15, -0.1) is 0 Å². The molecule has 0 aromatic heterocycles. The molecule has 0 radical (unpaired) electrons. The largest absolute Gasteiger partial charge is 0.469 e. The van der Waals surface area contributed by atoms with Gasteiger partial charge < -0.3 is 14.8 Å². The summed E-state index contributed by atoms with van der Waals surface area (Å²) in [4.78, 5) is 35.3. The zero-order valence-corrected chi connectivity index (χ0v) is 14.8. The molecule has 6 heteroatoms. The van der Waals surface area contributed by atoms with E-state index in [4.69, 9.17) is 0 Å². The predicted octanol–water partition coefficient (Wildman–Crippen LogP) is 2.21. The predicted molar refractivity (Wildman–Crippen MR) is 89.7 cm³/mol. The number of benzene rings is 1. The van der Waals surface area contributed by atoms with Crippen LogP contribution in [-0.4, -0.2) is 38.1 Å². The molecule has 1 rings (SSSR count). The van der Waals surface area contributed by atoms with Gasteiger partial charge in [-0.05, 0) is 29.5 Å². The number of hydrogen-bond acceptors (Lipinski definition) is 5. The van der Waals surface area contributed by atoms with Crippen molar-refractivity contribution in [3.8, 4) is 0 Å². The van der Waals surface area contributed by atoms with E-state index in [1.54, 1.807) is 12.1 Å². The lowest BCUT2D eigenvalue weighted by Crippen LogP contribution is -2.41. The van der Waals surface area contributed by atoms with Crippen molar-refractivity contribution in [1.29, 1.82) is 0 Å². The molecule has 1 amide bonds. The lowest BCUT2D eigenvalue weighted by molar-refractivity contribution is -0.144. The molecule has 1 N–H and O–H groups in total. The average molecular weight is 335 g/mol. The van der Waals surface area contributed by atoms with Crippen LogP contribution in [0.2, 0.25) is 0 Å². The van der Waals surface area contributed by atoms with Crippen molar-refractivity contribution in [2.45, 2.75) is 45.1 Å². The zero-order chi connectivity index (χ0) is 18.3. The summed E-state index contributed by atoms with van der Waals surface area (Å²) in [6, 6.07) is 6.30. The van der Waals surface area contributed by atoms with Gasteiger partial charge >= 0.3 is 11.9 Å². The van der Waals surface area contributed by atoms with Crippen molar-refractivity contribution < 1.29 is 23.9 Å². The Morgan fingerprint density at radius 1 is 1.04 bits per heavy atom. The molecule has 0 aliphatic rings. The van der Waals surface area contributed by atoms with Crippen LogP contribution < -0.4 is 5.32 Å². The normalized spacial score (nSPS) is 12.2. The molecule has 24 heavy (non-hydrogen) atoms. The van der Waals surface area contributed by atoms with Gasteiger partial charge in [0, 0.05) is 12.0 Å².